The van der Waals surface area contributed by atoms with Gasteiger partial charge in [-0.15, -0.1) is 0 Å². The number of hydrogen-bond donors (Lipinski definition) is 0. The minimum atomic E-state index is 0.998. The van der Waals surface area contributed by atoms with Crippen LogP contribution < -0.4 is 0 Å². The van der Waals surface area contributed by atoms with Crippen molar-refractivity contribution in [2.24, 2.45) is 17.0 Å². The molecular weight excluding hydrogens is 462 g/mol. The molecule has 0 radical (unpaired) electrons. The highest BCUT2D eigenvalue weighted by molar-refractivity contribution is 6.12. The summed E-state index contributed by atoms with van der Waals surface area (Å²) in [4.78, 5) is 10.0. The van der Waals surface area contributed by atoms with E-state index in [-0.39, 0.29) is 0 Å². The summed E-state index contributed by atoms with van der Waals surface area (Å²) in [7, 11) is 2.06. The average molecular weight is 488 g/mol. The number of aliphatic imine (C=N–C) groups is 2. The zero-order chi connectivity index (χ0) is 25.5. The van der Waals surface area contributed by atoms with Crippen LogP contribution >= 0.6 is 0 Å². The Morgan fingerprint density at radius 3 is 1.11 bits per heavy atom. The van der Waals surface area contributed by atoms with Crippen molar-refractivity contribution in [1.29, 1.82) is 0 Å². The largest absolute Gasteiger partial charge is 0.342 e. The van der Waals surface area contributed by atoms with Gasteiger partial charge >= 0.3 is 0 Å². The lowest BCUT2D eigenvalue weighted by molar-refractivity contribution is 0.909. The zero-order valence-electron chi connectivity index (χ0n) is 21.0. The molecule has 0 N–H and O–H groups in total. The molecule has 3 nitrogen and oxygen atoms in total. The molecule has 0 aliphatic rings. The SMILES string of the molecule is Cn1c(C=Nc2c3ccccc3cc3ccccc23)ccc1C=Nc1c2ccccc2cc2ccccc12. The fraction of sp³-hybridized carbons (Fsp3) is 0.0286. The van der Waals surface area contributed by atoms with E-state index in [4.69, 9.17) is 9.98 Å². The second kappa shape index (κ2) is 9.13. The van der Waals surface area contributed by atoms with Crippen LogP contribution in [0, 0.1) is 0 Å². The lowest BCUT2D eigenvalue weighted by Crippen LogP contribution is -1.99. The van der Waals surface area contributed by atoms with Gasteiger partial charge in [0.2, 0.25) is 0 Å². The van der Waals surface area contributed by atoms with Crippen LogP contribution in [0.5, 0.6) is 0 Å². The molecule has 0 spiro atoms. The van der Waals surface area contributed by atoms with Crippen molar-refractivity contribution in [3.63, 3.8) is 0 Å². The molecule has 7 rings (SSSR count). The molecule has 7 aromatic rings. The fourth-order valence-corrected chi connectivity index (χ4v) is 5.32. The molecule has 1 heterocycles. The zero-order valence-corrected chi connectivity index (χ0v) is 21.0. The fourth-order valence-electron chi connectivity index (χ4n) is 5.32. The molecule has 6 aromatic carbocycles. The van der Waals surface area contributed by atoms with E-state index >= 15 is 0 Å². The Morgan fingerprint density at radius 1 is 0.447 bits per heavy atom. The Kier molecular flexibility index (Phi) is 5.33. The second-order valence-corrected chi connectivity index (χ2v) is 9.59. The highest BCUT2D eigenvalue weighted by Gasteiger charge is 2.09. The first-order valence-corrected chi connectivity index (χ1v) is 12.8. The number of aromatic nitrogens is 1. The van der Waals surface area contributed by atoms with Gasteiger partial charge < -0.3 is 4.57 Å². The van der Waals surface area contributed by atoms with Gasteiger partial charge in [0.05, 0.1) is 35.2 Å². The molecule has 0 atom stereocenters. The van der Waals surface area contributed by atoms with Gasteiger partial charge in [-0.05, 0) is 45.8 Å². The number of rotatable bonds is 4. The van der Waals surface area contributed by atoms with Crippen molar-refractivity contribution in [3.05, 3.63) is 133 Å². The van der Waals surface area contributed by atoms with E-state index in [9.17, 15) is 0 Å². The Balaban J connectivity index is 1.29. The van der Waals surface area contributed by atoms with Crippen LogP contribution in [0.3, 0.4) is 0 Å². The molecular formula is C35H25N3. The third kappa shape index (κ3) is 3.77. The van der Waals surface area contributed by atoms with Gasteiger partial charge in [0.25, 0.3) is 0 Å². The monoisotopic (exact) mass is 487 g/mol. The lowest BCUT2D eigenvalue weighted by atomic mass is 10.0. The van der Waals surface area contributed by atoms with Crippen LogP contribution in [0.1, 0.15) is 11.4 Å². The molecule has 0 fully saturated rings. The van der Waals surface area contributed by atoms with Crippen molar-refractivity contribution in [2.45, 2.75) is 0 Å². The molecule has 0 saturated heterocycles. The molecule has 3 heteroatoms. The summed E-state index contributed by atoms with van der Waals surface area (Å²) < 4.78 is 2.13. The summed E-state index contributed by atoms with van der Waals surface area (Å²) in [6, 6.07) is 42.4. The minimum absolute atomic E-state index is 0.998. The molecule has 0 aliphatic heterocycles. The van der Waals surface area contributed by atoms with Crippen molar-refractivity contribution in [1.82, 2.24) is 4.57 Å². The van der Waals surface area contributed by atoms with Crippen LogP contribution in [0.4, 0.5) is 11.4 Å². The minimum Gasteiger partial charge on any atom is -0.342 e. The molecule has 1 aromatic heterocycles. The molecule has 0 bridgehead atoms. The average Bonchev–Trinajstić information content (AvgIpc) is 3.32. The van der Waals surface area contributed by atoms with Gasteiger partial charge in [-0.2, -0.15) is 0 Å². The maximum Gasteiger partial charge on any atom is 0.0787 e. The number of fused-ring (bicyclic) bond motifs is 4. The standard InChI is InChI=1S/C35H25N3/c1-38-28(22-36-34-30-14-6-2-10-24(30)20-25-11-3-7-15-31(25)34)18-19-29(38)23-37-35-32-16-8-4-12-26(32)21-27-13-5-9-17-33(27)35/h2-23H,1H3. The third-order valence-corrected chi connectivity index (χ3v) is 7.34. The Bertz CT molecular complexity index is 1790. The quantitative estimate of drug-likeness (QED) is 0.175. The van der Waals surface area contributed by atoms with Crippen LogP contribution in [-0.2, 0) is 7.05 Å². The highest BCUT2D eigenvalue weighted by Crippen LogP contribution is 2.36. The van der Waals surface area contributed by atoms with Gasteiger partial charge in [-0.25, -0.2) is 0 Å². The van der Waals surface area contributed by atoms with Crippen LogP contribution in [0.2, 0.25) is 0 Å². The van der Waals surface area contributed by atoms with E-state index in [0.29, 0.717) is 0 Å². The van der Waals surface area contributed by atoms with E-state index in [1.165, 1.54) is 21.5 Å². The molecule has 0 unspecified atom stereocenters. The van der Waals surface area contributed by atoms with Gasteiger partial charge in [0.1, 0.15) is 0 Å². The summed E-state index contributed by atoms with van der Waals surface area (Å²) in [5.74, 6) is 0. The predicted octanol–water partition coefficient (Wildman–Crippen LogP) is 9.14. The van der Waals surface area contributed by atoms with Crippen molar-refractivity contribution in [2.75, 3.05) is 0 Å². The van der Waals surface area contributed by atoms with E-state index in [0.717, 1.165) is 44.3 Å². The highest BCUT2D eigenvalue weighted by atomic mass is 15.0. The van der Waals surface area contributed by atoms with Gasteiger partial charge in [-0.1, -0.05) is 97.1 Å². The number of nitrogens with zero attached hydrogens (tertiary/aromatic N) is 3. The summed E-state index contributed by atoms with van der Waals surface area (Å²) in [6.07, 6.45) is 3.91. The van der Waals surface area contributed by atoms with Gasteiger partial charge in [0, 0.05) is 28.6 Å². The first-order valence-electron chi connectivity index (χ1n) is 12.8. The van der Waals surface area contributed by atoms with Crippen LogP contribution in [0.25, 0.3) is 43.1 Å². The van der Waals surface area contributed by atoms with E-state index < -0.39 is 0 Å². The summed E-state index contributed by atoms with van der Waals surface area (Å²) in [5, 5.41) is 9.39. The van der Waals surface area contributed by atoms with Crippen molar-refractivity contribution >= 4 is 66.9 Å². The maximum atomic E-state index is 5.02. The predicted molar refractivity (Wildman–Crippen MR) is 163 cm³/mol. The normalized spacial score (nSPS) is 12.1. The topological polar surface area (TPSA) is 29.6 Å². The first kappa shape index (κ1) is 22.2. The van der Waals surface area contributed by atoms with E-state index in [2.05, 4.69) is 133 Å². The Hall–Kier alpha value is -5.02. The smallest absolute Gasteiger partial charge is 0.0787 e. The molecule has 38 heavy (non-hydrogen) atoms. The van der Waals surface area contributed by atoms with Crippen molar-refractivity contribution in [3.8, 4) is 0 Å². The first-order chi connectivity index (χ1) is 18.8. The molecule has 0 saturated carbocycles. The molecule has 0 amide bonds. The van der Waals surface area contributed by atoms with Crippen LogP contribution in [-0.4, -0.2) is 17.0 Å². The number of benzene rings is 6. The van der Waals surface area contributed by atoms with Gasteiger partial charge in [0.15, 0.2) is 0 Å². The second-order valence-electron chi connectivity index (χ2n) is 9.59. The summed E-state index contributed by atoms with van der Waals surface area (Å²) >= 11 is 0. The van der Waals surface area contributed by atoms with Crippen molar-refractivity contribution < 1.29 is 0 Å². The number of hydrogen-bond acceptors (Lipinski definition) is 2. The van der Waals surface area contributed by atoms with E-state index in [1.54, 1.807) is 0 Å². The molecule has 0 aliphatic carbocycles. The van der Waals surface area contributed by atoms with Crippen LogP contribution in [0.15, 0.2) is 131 Å². The third-order valence-electron chi connectivity index (χ3n) is 7.34. The Labute approximate surface area is 221 Å². The van der Waals surface area contributed by atoms with Gasteiger partial charge in [-0.3, -0.25) is 9.98 Å². The summed E-state index contributed by atoms with van der Waals surface area (Å²) in [5.41, 5.74) is 4.03. The Morgan fingerprint density at radius 2 is 0.763 bits per heavy atom. The lowest BCUT2D eigenvalue weighted by Gasteiger charge is -2.08. The van der Waals surface area contributed by atoms with E-state index in [1.807, 2.05) is 12.4 Å². The maximum absolute atomic E-state index is 5.02. The summed E-state index contributed by atoms with van der Waals surface area (Å²) in [6.45, 7) is 0. The molecule has 180 valence electrons.